The SMILES string of the molecule is C[C@H](NC(=O)N[C@H](C)c1ccccc1)c1ccccn1. The molecular weight excluding hydrogens is 250 g/mol. The van der Waals surface area contributed by atoms with Crippen molar-refractivity contribution in [1.29, 1.82) is 0 Å². The van der Waals surface area contributed by atoms with Crippen LogP contribution in [0, 0.1) is 0 Å². The third-order valence-corrected chi connectivity index (χ3v) is 3.13. The first-order valence-corrected chi connectivity index (χ1v) is 6.69. The minimum absolute atomic E-state index is 0.0351. The van der Waals surface area contributed by atoms with Gasteiger partial charge in [-0.25, -0.2) is 4.79 Å². The molecule has 1 aromatic carbocycles. The Morgan fingerprint density at radius 2 is 1.60 bits per heavy atom. The molecule has 2 rings (SSSR count). The van der Waals surface area contributed by atoms with Crippen molar-refractivity contribution in [3.05, 3.63) is 66.0 Å². The van der Waals surface area contributed by atoms with E-state index in [1.165, 1.54) is 0 Å². The van der Waals surface area contributed by atoms with E-state index in [9.17, 15) is 4.79 Å². The molecule has 0 aliphatic carbocycles. The predicted molar refractivity (Wildman–Crippen MR) is 79.2 cm³/mol. The standard InChI is InChI=1S/C16H19N3O/c1-12(14-8-4-3-5-9-14)18-16(20)19-13(2)15-10-6-7-11-17-15/h3-13H,1-2H3,(H2,18,19,20)/t12-,13+/m1/s1. The Labute approximate surface area is 119 Å². The van der Waals surface area contributed by atoms with Gasteiger partial charge >= 0.3 is 6.03 Å². The number of aromatic nitrogens is 1. The largest absolute Gasteiger partial charge is 0.332 e. The molecule has 1 aromatic heterocycles. The zero-order chi connectivity index (χ0) is 14.4. The molecule has 0 radical (unpaired) electrons. The molecule has 0 bridgehead atoms. The van der Waals surface area contributed by atoms with Crippen LogP contribution in [-0.2, 0) is 0 Å². The number of nitrogens with zero attached hydrogens (tertiary/aromatic N) is 1. The predicted octanol–water partition coefficient (Wildman–Crippen LogP) is 3.20. The van der Waals surface area contributed by atoms with Crippen molar-refractivity contribution in [2.24, 2.45) is 0 Å². The average molecular weight is 269 g/mol. The Kier molecular flexibility index (Phi) is 4.71. The highest BCUT2D eigenvalue weighted by Gasteiger charge is 2.13. The van der Waals surface area contributed by atoms with Crippen molar-refractivity contribution in [2.75, 3.05) is 0 Å². The van der Waals surface area contributed by atoms with Gasteiger partial charge in [0.1, 0.15) is 0 Å². The second-order valence-electron chi connectivity index (χ2n) is 4.73. The molecule has 0 aliphatic rings. The zero-order valence-corrected chi connectivity index (χ0v) is 11.7. The molecule has 2 N–H and O–H groups in total. The van der Waals surface area contributed by atoms with Crippen LogP contribution in [0.5, 0.6) is 0 Å². The van der Waals surface area contributed by atoms with Gasteiger partial charge in [-0.15, -0.1) is 0 Å². The quantitative estimate of drug-likeness (QED) is 0.895. The molecule has 4 nitrogen and oxygen atoms in total. The first kappa shape index (κ1) is 14.1. The Morgan fingerprint density at radius 3 is 2.25 bits per heavy atom. The summed E-state index contributed by atoms with van der Waals surface area (Å²) in [6.07, 6.45) is 1.72. The van der Waals surface area contributed by atoms with Crippen molar-refractivity contribution in [2.45, 2.75) is 25.9 Å². The lowest BCUT2D eigenvalue weighted by Crippen LogP contribution is -2.38. The highest BCUT2D eigenvalue weighted by atomic mass is 16.2. The number of rotatable bonds is 4. The second-order valence-corrected chi connectivity index (χ2v) is 4.73. The van der Waals surface area contributed by atoms with Crippen molar-refractivity contribution < 1.29 is 4.79 Å². The molecule has 20 heavy (non-hydrogen) atoms. The molecule has 0 saturated heterocycles. The topological polar surface area (TPSA) is 54.0 Å². The fourth-order valence-corrected chi connectivity index (χ4v) is 1.97. The fourth-order valence-electron chi connectivity index (χ4n) is 1.97. The van der Waals surface area contributed by atoms with E-state index < -0.39 is 0 Å². The summed E-state index contributed by atoms with van der Waals surface area (Å²) in [5.41, 5.74) is 1.92. The van der Waals surface area contributed by atoms with Gasteiger partial charge in [-0.3, -0.25) is 4.98 Å². The summed E-state index contributed by atoms with van der Waals surface area (Å²) in [5.74, 6) is 0. The van der Waals surface area contributed by atoms with Crippen molar-refractivity contribution >= 4 is 6.03 Å². The van der Waals surface area contributed by atoms with E-state index in [1.807, 2.05) is 62.4 Å². The first-order chi connectivity index (χ1) is 9.66. The Hall–Kier alpha value is -2.36. The van der Waals surface area contributed by atoms with Crippen LogP contribution in [0.4, 0.5) is 4.79 Å². The summed E-state index contributed by atoms with van der Waals surface area (Å²) in [6, 6.07) is 15.2. The first-order valence-electron chi connectivity index (χ1n) is 6.69. The van der Waals surface area contributed by atoms with Crippen LogP contribution in [0.3, 0.4) is 0 Å². The molecule has 1 heterocycles. The normalized spacial score (nSPS) is 13.3. The maximum atomic E-state index is 12.0. The van der Waals surface area contributed by atoms with Gasteiger partial charge < -0.3 is 10.6 Å². The Morgan fingerprint density at radius 1 is 0.950 bits per heavy atom. The number of carbonyl (C=O) groups is 1. The van der Waals surface area contributed by atoms with E-state index in [4.69, 9.17) is 0 Å². The lowest BCUT2D eigenvalue weighted by Gasteiger charge is -2.18. The summed E-state index contributed by atoms with van der Waals surface area (Å²) in [5, 5.41) is 5.80. The van der Waals surface area contributed by atoms with Gasteiger partial charge in [0.2, 0.25) is 0 Å². The maximum Gasteiger partial charge on any atom is 0.315 e. The second kappa shape index (κ2) is 6.70. The summed E-state index contributed by atoms with van der Waals surface area (Å²) in [7, 11) is 0. The summed E-state index contributed by atoms with van der Waals surface area (Å²) in [4.78, 5) is 16.2. The third-order valence-electron chi connectivity index (χ3n) is 3.13. The number of urea groups is 1. The monoisotopic (exact) mass is 269 g/mol. The smallest absolute Gasteiger partial charge is 0.315 e. The molecule has 0 spiro atoms. The molecule has 104 valence electrons. The minimum Gasteiger partial charge on any atom is -0.332 e. The van der Waals surface area contributed by atoms with E-state index in [0.717, 1.165) is 11.3 Å². The summed E-state index contributed by atoms with van der Waals surface area (Å²) in [6.45, 7) is 3.87. The molecule has 2 atom stereocenters. The number of nitrogens with one attached hydrogen (secondary N) is 2. The van der Waals surface area contributed by atoms with Gasteiger partial charge in [0.25, 0.3) is 0 Å². The highest BCUT2D eigenvalue weighted by Crippen LogP contribution is 2.12. The van der Waals surface area contributed by atoms with Gasteiger partial charge in [0, 0.05) is 6.20 Å². The maximum absolute atomic E-state index is 12.0. The fraction of sp³-hybridized carbons (Fsp3) is 0.250. The number of hydrogen-bond donors (Lipinski definition) is 2. The van der Waals surface area contributed by atoms with Gasteiger partial charge in [0.15, 0.2) is 0 Å². The van der Waals surface area contributed by atoms with Crippen LogP contribution < -0.4 is 10.6 Å². The molecule has 2 amide bonds. The molecule has 4 heteroatoms. The van der Waals surface area contributed by atoms with Crippen LogP contribution in [0.1, 0.15) is 37.2 Å². The Balaban J connectivity index is 1.90. The molecule has 0 saturated carbocycles. The lowest BCUT2D eigenvalue weighted by molar-refractivity contribution is 0.234. The number of carbonyl (C=O) groups excluding carboxylic acids is 1. The summed E-state index contributed by atoms with van der Waals surface area (Å²) < 4.78 is 0. The Bertz CT molecular complexity index is 493. The van der Waals surface area contributed by atoms with Crippen molar-refractivity contribution in [1.82, 2.24) is 15.6 Å². The van der Waals surface area contributed by atoms with E-state index >= 15 is 0 Å². The van der Waals surface area contributed by atoms with Crippen LogP contribution in [0.25, 0.3) is 0 Å². The van der Waals surface area contributed by atoms with Crippen LogP contribution in [0.15, 0.2) is 54.7 Å². The minimum atomic E-state index is -0.195. The van der Waals surface area contributed by atoms with E-state index in [0.29, 0.717) is 0 Å². The molecule has 0 aliphatic heterocycles. The van der Waals surface area contributed by atoms with Crippen LogP contribution >= 0.6 is 0 Å². The molecule has 2 aromatic rings. The summed E-state index contributed by atoms with van der Waals surface area (Å²) >= 11 is 0. The number of hydrogen-bond acceptors (Lipinski definition) is 2. The molecule has 0 unspecified atom stereocenters. The number of amides is 2. The van der Waals surface area contributed by atoms with Gasteiger partial charge in [-0.2, -0.15) is 0 Å². The molecule has 0 fully saturated rings. The lowest BCUT2D eigenvalue weighted by atomic mass is 10.1. The van der Waals surface area contributed by atoms with Gasteiger partial charge in [-0.1, -0.05) is 36.4 Å². The molecular formula is C16H19N3O. The highest BCUT2D eigenvalue weighted by molar-refractivity contribution is 5.74. The number of pyridine rings is 1. The van der Waals surface area contributed by atoms with E-state index in [1.54, 1.807) is 6.20 Å². The number of benzene rings is 1. The van der Waals surface area contributed by atoms with Crippen LogP contribution in [0.2, 0.25) is 0 Å². The van der Waals surface area contributed by atoms with Crippen LogP contribution in [-0.4, -0.2) is 11.0 Å². The third kappa shape index (κ3) is 3.82. The zero-order valence-electron chi connectivity index (χ0n) is 11.7. The van der Waals surface area contributed by atoms with Crippen molar-refractivity contribution in [3.8, 4) is 0 Å². The van der Waals surface area contributed by atoms with E-state index in [2.05, 4.69) is 15.6 Å². The van der Waals surface area contributed by atoms with Gasteiger partial charge in [-0.05, 0) is 31.5 Å². The van der Waals surface area contributed by atoms with Crippen molar-refractivity contribution in [3.63, 3.8) is 0 Å². The van der Waals surface area contributed by atoms with Gasteiger partial charge in [0.05, 0.1) is 17.8 Å². The average Bonchev–Trinajstić information content (AvgIpc) is 2.49. The van der Waals surface area contributed by atoms with E-state index in [-0.39, 0.29) is 18.1 Å².